The molecule has 0 aromatic heterocycles. The monoisotopic (exact) mass is 358 g/mol. The second-order valence-electron chi connectivity index (χ2n) is 5.93. The lowest BCUT2D eigenvalue weighted by Gasteiger charge is -2.27. The molecule has 2 aliphatic heterocycles. The van der Waals surface area contributed by atoms with Crippen molar-refractivity contribution in [2.24, 2.45) is 0 Å². The lowest BCUT2D eigenvalue weighted by Crippen LogP contribution is -3.15. The minimum absolute atomic E-state index is 0.300. The van der Waals surface area contributed by atoms with Gasteiger partial charge in [-0.15, -0.1) is 0 Å². The molecule has 3 amide bonds. The summed E-state index contributed by atoms with van der Waals surface area (Å²) >= 11 is 12.1. The number of carbonyl (C=O) groups is 2. The van der Waals surface area contributed by atoms with Crippen LogP contribution in [0.2, 0.25) is 10.0 Å². The summed E-state index contributed by atoms with van der Waals surface area (Å²) in [5.74, 6) is -0.300. The van der Waals surface area contributed by atoms with E-state index in [4.69, 9.17) is 27.9 Å². The highest BCUT2D eigenvalue weighted by atomic mass is 35.5. The van der Waals surface area contributed by atoms with Gasteiger partial charge in [0.25, 0.3) is 5.91 Å². The summed E-state index contributed by atoms with van der Waals surface area (Å²) in [6, 6.07) is 4.50. The van der Waals surface area contributed by atoms with Crippen molar-refractivity contribution in [3.8, 4) is 0 Å². The SMILES string of the molecule is C[C@]1(c2ccc(Cl)cc2Cl)NC(=O)N(C[NH+]2CCOCC2)C1=O. The van der Waals surface area contributed by atoms with Crippen LogP contribution in [0.5, 0.6) is 0 Å². The van der Waals surface area contributed by atoms with Gasteiger partial charge in [-0.05, 0) is 19.1 Å². The number of morpholine rings is 1. The number of rotatable bonds is 3. The van der Waals surface area contributed by atoms with E-state index in [1.165, 1.54) is 4.90 Å². The van der Waals surface area contributed by atoms with Gasteiger partial charge in [-0.3, -0.25) is 4.79 Å². The van der Waals surface area contributed by atoms with Crippen molar-refractivity contribution >= 4 is 35.1 Å². The fraction of sp³-hybridized carbons (Fsp3) is 0.467. The molecule has 0 radical (unpaired) electrons. The van der Waals surface area contributed by atoms with Gasteiger partial charge in [0, 0.05) is 15.6 Å². The number of nitrogens with one attached hydrogen (secondary N) is 2. The van der Waals surface area contributed by atoms with Crippen molar-refractivity contribution < 1.29 is 19.2 Å². The smallest absolute Gasteiger partial charge is 0.329 e. The van der Waals surface area contributed by atoms with E-state index in [2.05, 4.69) is 5.32 Å². The molecule has 2 heterocycles. The van der Waals surface area contributed by atoms with Gasteiger partial charge in [-0.25, -0.2) is 9.69 Å². The second-order valence-corrected chi connectivity index (χ2v) is 6.78. The fourth-order valence-electron chi connectivity index (χ4n) is 2.96. The van der Waals surface area contributed by atoms with Gasteiger partial charge in [0.2, 0.25) is 0 Å². The van der Waals surface area contributed by atoms with Crippen LogP contribution in [-0.2, 0) is 15.1 Å². The maximum absolute atomic E-state index is 12.9. The number of hydrogen-bond donors (Lipinski definition) is 2. The number of quaternary nitrogens is 1. The van der Waals surface area contributed by atoms with Crippen LogP contribution in [0.25, 0.3) is 0 Å². The fourth-order valence-corrected chi connectivity index (χ4v) is 3.56. The zero-order valence-corrected chi connectivity index (χ0v) is 14.2. The third kappa shape index (κ3) is 3.04. The molecule has 124 valence electrons. The molecule has 0 bridgehead atoms. The van der Waals surface area contributed by atoms with Gasteiger partial charge in [0.05, 0.1) is 13.2 Å². The molecule has 6 nitrogen and oxygen atoms in total. The number of nitrogens with zero attached hydrogens (tertiary/aromatic N) is 1. The molecule has 2 N–H and O–H groups in total. The van der Waals surface area contributed by atoms with Crippen LogP contribution in [0.15, 0.2) is 18.2 Å². The summed E-state index contributed by atoms with van der Waals surface area (Å²) < 4.78 is 5.30. The van der Waals surface area contributed by atoms with Crippen molar-refractivity contribution in [1.82, 2.24) is 10.2 Å². The number of carbonyl (C=O) groups excluding carboxylic acids is 2. The van der Waals surface area contributed by atoms with Crippen molar-refractivity contribution in [3.63, 3.8) is 0 Å². The summed E-state index contributed by atoms with van der Waals surface area (Å²) in [5.41, 5.74) is -0.633. The Morgan fingerprint density at radius 1 is 1.30 bits per heavy atom. The van der Waals surface area contributed by atoms with Crippen LogP contribution in [-0.4, -0.2) is 49.8 Å². The average molecular weight is 359 g/mol. The molecular formula is C15H18Cl2N3O3+. The Labute approximate surface area is 144 Å². The zero-order valence-electron chi connectivity index (χ0n) is 12.7. The Hall–Kier alpha value is -1.34. The summed E-state index contributed by atoms with van der Waals surface area (Å²) in [7, 11) is 0. The van der Waals surface area contributed by atoms with E-state index in [9.17, 15) is 9.59 Å². The molecule has 1 aromatic rings. The minimum atomic E-state index is -1.18. The molecule has 23 heavy (non-hydrogen) atoms. The summed E-state index contributed by atoms with van der Waals surface area (Å²) in [6.45, 7) is 4.81. The summed E-state index contributed by atoms with van der Waals surface area (Å²) in [5, 5.41) is 3.60. The molecule has 3 rings (SSSR count). The Kier molecular flexibility index (Phi) is 4.51. The first-order chi connectivity index (χ1) is 10.9. The van der Waals surface area contributed by atoms with E-state index in [1.54, 1.807) is 25.1 Å². The lowest BCUT2D eigenvalue weighted by atomic mass is 9.92. The van der Waals surface area contributed by atoms with Gasteiger partial charge in [0.1, 0.15) is 18.6 Å². The number of hydrogen-bond acceptors (Lipinski definition) is 3. The number of benzene rings is 1. The first-order valence-corrected chi connectivity index (χ1v) is 8.18. The number of imide groups is 1. The van der Waals surface area contributed by atoms with Crippen molar-refractivity contribution in [2.45, 2.75) is 12.5 Å². The van der Waals surface area contributed by atoms with Crippen LogP contribution < -0.4 is 10.2 Å². The number of amides is 3. The van der Waals surface area contributed by atoms with Crippen molar-refractivity contribution in [1.29, 1.82) is 0 Å². The molecule has 2 fully saturated rings. The summed E-state index contributed by atoms with van der Waals surface area (Å²) in [6.07, 6.45) is 0. The summed E-state index contributed by atoms with van der Waals surface area (Å²) in [4.78, 5) is 27.6. The minimum Gasteiger partial charge on any atom is -0.370 e. The molecule has 8 heteroatoms. The molecular weight excluding hydrogens is 341 g/mol. The van der Waals surface area contributed by atoms with Gasteiger partial charge in [0.15, 0.2) is 6.67 Å². The highest BCUT2D eigenvalue weighted by Gasteiger charge is 2.51. The molecule has 0 unspecified atom stereocenters. The third-order valence-corrected chi connectivity index (χ3v) is 4.87. The Balaban J connectivity index is 1.84. The van der Waals surface area contributed by atoms with Crippen LogP contribution >= 0.6 is 23.2 Å². The zero-order chi connectivity index (χ0) is 16.6. The molecule has 0 spiro atoms. The standard InChI is InChI=1S/C15H17Cl2N3O3/c1-15(11-3-2-10(16)8-12(11)17)13(21)20(14(22)18-15)9-19-4-6-23-7-5-19/h2-3,8H,4-7,9H2,1H3,(H,18,22)/p+1/t15-/m1/s1. The normalized spacial score (nSPS) is 25.8. The van der Waals surface area contributed by atoms with Crippen LogP contribution in [0, 0.1) is 0 Å². The Morgan fingerprint density at radius 3 is 2.65 bits per heavy atom. The highest BCUT2D eigenvalue weighted by Crippen LogP contribution is 2.34. The van der Waals surface area contributed by atoms with Crippen molar-refractivity contribution in [3.05, 3.63) is 33.8 Å². The Morgan fingerprint density at radius 2 is 2.00 bits per heavy atom. The van der Waals surface area contributed by atoms with Gasteiger partial charge in [-0.1, -0.05) is 29.3 Å². The molecule has 2 aliphatic rings. The largest absolute Gasteiger partial charge is 0.370 e. The van der Waals surface area contributed by atoms with E-state index in [1.807, 2.05) is 0 Å². The first kappa shape index (κ1) is 16.5. The van der Waals surface area contributed by atoms with E-state index in [-0.39, 0.29) is 5.91 Å². The second kappa shape index (κ2) is 6.28. The predicted molar refractivity (Wildman–Crippen MR) is 85.6 cm³/mol. The maximum atomic E-state index is 12.9. The van der Waals surface area contributed by atoms with Gasteiger partial charge < -0.3 is 15.0 Å². The van der Waals surface area contributed by atoms with E-state index in [0.29, 0.717) is 35.5 Å². The maximum Gasteiger partial charge on any atom is 0.329 e. The highest BCUT2D eigenvalue weighted by molar-refractivity contribution is 6.35. The molecule has 0 aliphatic carbocycles. The molecule has 1 aromatic carbocycles. The number of halogens is 2. The number of urea groups is 1. The molecule has 2 saturated heterocycles. The van der Waals surface area contributed by atoms with E-state index >= 15 is 0 Å². The first-order valence-electron chi connectivity index (χ1n) is 7.43. The lowest BCUT2D eigenvalue weighted by molar-refractivity contribution is -0.915. The third-order valence-electron chi connectivity index (χ3n) is 4.33. The quantitative estimate of drug-likeness (QED) is 0.779. The Bertz CT molecular complexity index is 649. The predicted octanol–water partition coefficient (Wildman–Crippen LogP) is 0.633. The van der Waals surface area contributed by atoms with Crippen LogP contribution in [0.3, 0.4) is 0 Å². The average Bonchev–Trinajstić information content (AvgIpc) is 2.72. The van der Waals surface area contributed by atoms with Gasteiger partial charge >= 0.3 is 6.03 Å². The van der Waals surface area contributed by atoms with E-state index < -0.39 is 11.6 Å². The van der Waals surface area contributed by atoms with Gasteiger partial charge in [-0.2, -0.15) is 0 Å². The van der Waals surface area contributed by atoms with Crippen LogP contribution in [0.4, 0.5) is 4.79 Å². The molecule has 0 saturated carbocycles. The van der Waals surface area contributed by atoms with Crippen LogP contribution in [0.1, 0.15) is 12.5 Å². The topological polar surface area (TPSA) is 63.1 Å². The number of ether oxygens (including phenoxy) is 1. The van der Waals surface area contributed by atoms with Crippen molar-refractivity contribution in [2.75, 3.05) is 33.0 Å². The van der Waals surface area contributed by atoms with E-state index in [0.717, 1.165) is 18.0 Å². The molecule has 1 atom stereocenters.